The Kier molecular flexibility index (Phi) is 3.21. The van der Waals surface area contributed by atoms with Crippen LogP contribution in [0.3, 0.4) is 0 Å². The molecule has 72 valence electrons. The second-order valence-electron chi connectivity index (χ2n) is 3.10. The number of hydrogen-bond donors (Lipinski definition) is 1. The average Bonchev–Trinajstić information content (AvgIpc) is 2.12. The van der Waals surface area contributed by atoms with E-state index in [1.807, 2.05) is 32.9 Å². The first-order chi connectivity index (χ1) is 6.61. The number of nitriles is 1. The fourth-order valence-corrected chi connectivity index (χ4v) is 1.79. The van der Waals surface area contributed by atoms with Gasteiger partial charge in [-0.2, -0.15) is 5.26 Å². The Balaban J connectivity index is 3.62. The molecule has 0 saturated heterocycles. The van der Waals surface area contributed by atoms with Gasteiger partial charge in [-0.3, -0.25) is 0 Å². The summed E-state index contributed by atoms with van der Waals surface area (Å²) < 4.78 is 0.524. The molecule has 0 bridgehead atoms. The lowest BCUT2D eigenvalue weighted by Gasteiger charge is -2.07. The van der Waals surface area contributed by atoms with Crippen LogP contribution in [0.2, 0.25) is 0 Å². The highest BCUT2D eigenvalue weighted by atomic mass is 32.1. The molecule has 0 atom stereocenters. The van der Waals surface area contributed by atoms with Crippen molar-refractivity contribution >= 4 is 18.3 Å². The fourth-order valence-electron chi connectivity index (χ4n) is 1.44. The lowest BCUT2D eigenvalue weighted by Crippen LogP contribution is -1.96. The minimum atomic E-state index is 0.524. The Morgan fingerprint density at radius 1 is 1.43 bits per heavy atom. The van der Waals surface area contributed by atoms with Crippen molar-refractivity contribution in [2.45, 2.75) is 20.8 Å². The third-order valence-electron chi connectivity index (χ3n) is 2.16. The van der Waals surface area contributed by atoms with Crippen LogP contribution in [0.5, 0.6) is 0 Å². The number of nitrogens with zero attached hydrogens (tertiary/aromatic N) is 1. The fraction of sp³-hybridized carbons (Fsp3) is 0.273. The highest BCUT2D eigenvalue weighted by Crippen LogP contribution is 2.18. The van der Waals surface area contributed by atoms with Crippen molar-refractivity contribution in [1.29, 1.82) is 5.26 Å². The maximum Gasteiger partial charge on any atom is 0.121 e. The Morgan fingerprint density at radius 3 is 2.57 bits per heavy atom. The highest BCUT2D eigenvalue weighted by molar-refractivity contribution is 7.71. The molecule has 0 amide bonds. The predicted molar refractivity (Wildman–Crippen MR) is 60.5 cm³/mol. The molecule has 14 heavy (non-hydrogen) atoms. The van der Waals surface area contributed by atoms with Crippen LogP contribution in [0, 0.1) is 29.8 Å². The second-order valence-corrected chi connectivity index (χ2v) is 3.51. The number of allylic oxidation sites excluding steroid dienone is 1. The van der Waals surface area contributed by atoms with E-state index >= 15 is 0 Å². The van der Waals surface area contributed by atoms with Crippen LogP contribution < -0.4 is 0 Å². The van der Waals surface area contributed by atoms with Crippen LogP contribution in [-0.2, 0) is 0 Å². The van der Waals surface area contributed by atoms with Crippen LogP contribution in [0.25, 0.3) is 6.08 Å². The number of aromatic amines is 1. The number of H-pyrrole nitrogens is 1. The molecule has 3 heteroatoms. The first kappa shape index (κ1) is 10.7. The molecule has 0 aromatic carbocycles. The standard InChI is InChI=1S/C11H12N2S/c1-4-5-9-7(2)10(6-12)11(14)13-8(9)3/h4-5H,1-3H3,(H,13,14)/b5-4+. The molecule has 1 aromatic rings. The van der Waals surface area contributed by atoms with Gasteiger partial charge in [0.2, 0.25) is 0 Å². The van der Waals surface area contributed by atoms with E-state index in [1.165, 1.54) is 0 Å². The lowest BCUT2D eigenvalue weighted by atomic mass is 10.0. The third-order valence-corrected chi connectivity index (χ3v) is 2.46. The third kappa shape index (κ3) is 1.75. The molecule has 1 N–H and O–H groups in total. The zero-order valence-electron chi connectivity index (χ0n) is 8.51. The van der Waals surface area contributed by atoms with Gasteiger partial charge in [0.15, 0.2) is 0 Å². The van der Waals surface area contributed by atoms with Gasteiger partial charge in [-0.05, 0) is 31.9 Å². The first-order valence-electron chi connectivity index (χ1n) is 4.38. The molecule has 0 aliphatic carbocycles. The SMILES string of the molecule is C/C=C/c1c(C)[nH]c(=S)c(C#N)c1C. The summed E-state index contributed by atoms with van der Waals surface area (Å²) in [6, 6.07) is 2.12. The lowest BCUT2D eigenvalue weighted by molar-refractivity contribution is 1.13. The number of aromatic nitrogens is 1. The minimum absolute atomic E-state index is 0.524. The molecule has 0 unspecified atom stereocenters. The Morgan fingerprint density at radius 2 is 2.07 bits per heavy atom. The Labute approximate surface area is 88.9 Å². The molecule has 0 spiro atoms. The van der Waals surface area contributed by atoms with Crippen molar-refractivity contribution in [2.24, 2.45) is 0 Å². The Hall–Kier alpha value is -1.40. The molecule has 0 fully saturated rings. The summed E-state index contributed by atoms with van der Waals surface area (Å²) in [5.74, 6) is 0. The number of aryl methyl sites for hydroxylation is 1. The maximum atomic E-state index is 8.92. The summed E-state index contributed by atoms with van der Waals surface area (Å²) in [5, 5.41) is 8.92. The monoisotopic (exact) mass is 204 g/mol. The van der Waals surface area contributed by atoms with E-state index in [4.69, 9.17) is 17.5 Å². The number of hydrogen-bond acceptors (Lipinski definition) is 2. The van der Waals surface area contributed by atoms with Crippen LogP contribution in [-0.4, -0.2) is 4.98 Å². The van der Waals surface area contributed by atoms with E-state index in [0.717, 1.165) is 16.8 Å². The zero-order chi connectivity index (χ0) is 10.7. The van der Waals surface area contributed by atoms with Crippen LogP contribution in [0.15, 0.2) is 6.08 Å². The van der Waals surface area contributed by atoms with E-state index in [0.29, 0.717) is 10.2 Å². The van der Waals surface area contributed by atoms with Gasteiger partial charge in [0, 0.05) is 5.69 Å². The largest absolute Gasteiger partial charge is 0.349 e. The molecule has 0 aliphatic heterocycles. The summed E-state index contributed by atoms with van der Waals surface area (Å²) in [5.41, 5.74) is 3.58. The van der Waals surface area contributed by atoms with Crippen molar-refractivity contribution in [2.75, 3.05) is 0 Å². The molecular weight excluding hydrogens is 192 g/mol. The minimum Gasteiger partial charge on any atom is -0.349 e. The molecule has 1 heterocycles. The van der Waals surface area contributed by atoms with E-state index in [-0.39, 0.29) is 0 Å². The molecule has 0 radical (unpaired) electrons. The topological polar surface area (TPSA) is 39.6 Å². The van der Waals surface area contributed by atoms with Crippen LogP contribution >= 0.6 is 12.2 Å². The van der Waals surface area contributed by atoms with Crippen molar-refractivity contribution in [3.63, 3.8) is 0 Å². The van der Waals surface area contributed by atoms with Gasteiger partial charge in [0.05, 0.1) is 5.56 Å². The van der Waals surface area contributed by atoms with Crippen molar-refractivity contribution < 1.29 is 0 Å². The summed E-state index contributed by atoms with van der Waals surface area (Å²) >= 11 is 5.07. The smallest absolute Gasteiger partial charge is 0.121 e. The van der Waals surface area contributed by atoms with Gasteiger partial charge < -0.3 is 4.98 Å². The van der Waals surface area contributed by atoms with Crippen molar-refractivity contribution in [1.82, 2.24) is 4.98 Å². The molecular formula is C11H12N2S. The van der Waals surface area contributed by atoms with Gasteiger partial charge in [0.25, 0.3) is 0 Å². The predicted octanol–water partition coefficient (Wildman–Crippen LogP) is 3.27. The molecule has 1 rings (SSSR count). The van der Waals surface area contributed by atoms with Gasteiger partial charge in [-0.1, -0.05) is 24.4 Å². The highest BCUT2D eigenvalue weighted by Gasteiger charge is 2.06. The van der Waals surface area contributed by atoms with Gasteiger partial charge >= 0.3 is 0 Å². The molecule has 0 saturated carbocycles. The Bertz CT molecular complexity index is 475. The first-order valence-corrected chi connectivity index (χ1v) is 4.79. The second kappa shape index (κ2) is 4.21. The van der Waals surface area contributed by atoms with Gasteiger partial charge in [0.1, 0.15) is 10.7 Å². The summed E-state index contributed by atoms with van der Waals surface area (Å²) in [4.78, 5) is 3.02. The molecule has 0 aliphatic rings. The molecule has 2 nitrogen and oxygen atoms in total. The molecule has 1 aromatic heterocycles. The van der Waals surface area contributed by atoms with E-state index in [1.54, 1.807) is 0 Å². The quantitative estimate of drug-likeness (QED) is 0.713. The summed E-state index contributed by atoms with van der Waals surface area (Å²) in [7, 11) is 0. The van der Waals surface area contributed by atoms with E-state index < -0.39 is 0 Å². The van der Waals surface area contributed by atoms with Crippen molar-refractivity contribution in [3.05, 3.63) is 33.1 Å². The van der Waals surface area contributed by atoms with E-state index in [2.05, 4.69) is 11.1 Å². The normalized spacial score (nSPS) is 10.4. The van der Waals surface area contributed by atoms with Crippen LogP contribution in [0.4, 0.5) is 0 Å². The number of rotatable bonds is 1. The number of nitrogens with one attached hydrogen (secondary N) is 1. The van der Waals surface area contributed by atoms with Crippen molar-refractivity contribution in [3.8, 4) is 6.07 Å². The summed E-state index contributed by atoms with van der Waals surface area (Å²) in [6.45, 7) is 5.83. The number of pyridine rings is 1. The zero-order valence-corrected chi connectivity index (χ0v) is 9.33. The van der Waals surface area contributed by atoms with E-state index in [9.17, 15) is 0 Å². The average molecular weight is 204 g/mol. The maximum absolute atomic E-state index is 8.92. The van der Waals surface area contributed by atoms with Crippen LogP contribution in [0.1, 0.15) is 29.3 Å². The summed E-state index contributed by atoms with van der Waals surface area (Å²) in [6.07, 6.45) is 3.93. The van der Waals surface area contributed by atoms with Gasteiger partial charge in [-0.15, -0.1) is 0 Å². The van der Waals surface area contributed by atoms with Gasteiger partial charge in [-0.25, -0.2) is 0 Å².